The lowest BCUT2D eigenvalue weighted by molar-refractivity contribution is 0.500. The van der Waals surface area contributed by atoms with Crippen molar-refractivity contribution in [3.63, 3.8) is 0 Å². The standard InChI is InChI=1S/C10H14BrN5O/c1-3-12-8(7-4-5-17-10(7)11)6-9-13-15-16(2)14-9/h4-5,8,12H,3,6H2,1-2H3. The van der Waals surface area contributed by atoms with E-state index >= 15 is 0 Å². The van der Waals surface area contributed by atoms with Gasteiger partial charge in [-0.2, -0.15) is 4.80 Å². The van der Waals surface area contributed by atoms with Crippen LogP contribution in [0.4, 0.5) is 0 Å². The normalized spacial score (nSPS) is 12.9. The SMILES string of the molecule is CCNC(Cc1nnn(C)n1)c1ccoc1Br. The van der Waals surface area contributed by atoms with Gasteiger partial charge in [0, 0.05) is 18.0 Å². The number of tetrazole rings is 1. The first-order chi connectivity index (χ1) is 8.20. The van der Waals surface area contributed by atoms with Crippen LogP contribution in [0.15, 0.2) is 21.4 Å². The van der Waals surface area contributed by atoms with Gasteiger partial charge in [0.25, 0.3) is 0 Å². The van der Waals surface area contributed by atoms with Crippen LogP contribution in [0.3, 0.4) is 0 Å². The van der Waals surface area contributed by atoms with Crippen LogP contribution < -0.4 is 5.32 Å². The van der Waals surface area contributed by atoms with Gasteiger partial charge < -0.3 is 9.73 Å². The van der Waals surface area contributed by atoms with Gasteiger partial charge in [-0.25, -0.2) is 0 Å². The number of nitrogens with zero attached hydrogens (tertiary/aromatic N) is 4. The Kier molecular flexibility index (Phi) is 3.90. The summed E-state index contributed by atoms with van der Waals surface area (Å²) in [5, 5.41) is 15.4. The highest BCUT2D eigenvalue weighted by molar-refractivity contribution is 9.10. The Labute approximate surface area is 108 Å². The molecule has 0 aliphatic heterocycles. The van der Waals surface area contributed by atoms with Crippen molar-refractivity contribution in [2.45, 2.75) is 19.4 Å². The summed E-state index contributed by atoms with van der Waals surface area (Å²) in [5.41, 5.74) is 1.07. The number of hydrogen-bond acceptors (Lipinski definition) is 5. The molecule has 0 saturated heterocycles. The van der Waals surface area contributed by atoms with Gasteiger partial charge in [0.1, 0.15) is 0 Å². The minimum absolute atomic E-state index is 0.123. The van der Waals surface area contributed by atoms with Gasteiger partial charge in [-0.3, -0.25) is 0 Å². The monoisotopic (exact) mass is 299 g/mol. The van der Waals surface area contributed by atoms with E-state index in [1.165, 1.54) is 4.80 Å². The van der Waals surface area contributed by atoms with Crippen molar-refractivity contribution in [2.24, 2.45) is 7.05 Å². The Morgan fingerprint density at radius 1 is 1.59 bits per heavy atom. The molecule has 0 aromatic carbocycles. The molecule has 1 N–H and O–H groups in total. The van der Waals surface area contributed by atoms with E-state index in [1.54, 1.807) is 13.3 Å². The van der Waals surface area contributed by atoms with Crippen molar-refractivity contribution >= 4 is 15.9 Å². The summed E-state index contributed by atoms with van der Waals surface area (Å²) < 4.78 is 5.99. The van der Waals surface area contributed by atoms with E-state index < -0.39 is 0 Å². The number of likely N-dealkylation sites (N-methyl/N-ethyl adjacent to an activating group) is 1. The molecule has 17 heavy (non-hydrogen) atoms. The molecule has 0 aliphatic rings. The molecule has 0 aliphatic carbocycles. The molecule has 0 amide bonds. The van der Waals surface area contributed by atoms with Crippen molar-refractivity contribution in [2.75, 3.05) is 6.54 Å². The van der Waals surface area contributed by atoms with Crippen molar-refractivity contribution < 1.29 is 4.42 Å². The van der Waals surface area contributed by atoms with Gasteiger partial charge >= 0.3 is 0 Å². The summed E-state index contributed by atoms with van der Waals surface area (Å²) in [5.74, 6) is 0.714. The molecule has 92 valence electrons. The number of aryl methyl sites for hydroxylation is 1. The van der Waals surface area contributed by atoms with Crippen LogP contribution in [0.5, 0.6) is 0 Å². The predicted octanol–water partition coefficient (Wildman–Crippen LogP) is 1.46. The van der Waals surface area contributed by atoms with E-state index in [1.807, 2.05) is 6.07 Å². The summed E-state index contributed by atoms with van der Waals surface area (Å²) >= 11 is 3.39. The number of halogens is 1. The molecule has 0 fully saturated rings. The van der Waals surface area contributed by atoms with Crippen LogP contribution in [0.2, 0.25) is 0 Å². The van der Waals surface area contributed by atoms with Crippen molar-refractivity contribution in [3.8, 4) is 0 Å². The molecule has 0 saturated carbocycles. The predicted molar refractivity (Wildman–Crippen MR) is 65.3 cm³/mol. The van der Waals surface area contributed by atoms with Gasteiger partial charge in [0.15, 0.2) is 10.5 Å². The van der Waals surface area contributed by atoms with E-state index in [4.69, 9.17) is 4.42 Å². The molecule has 7 heteroatoms. The maximum Gasteiger partial charge on any atom is 0.176 e. The lowest BCUT2D eigenvalue weighted by atomic mass is 10.1. The van der Waals surface area contributed by atoms with Crippen LogP contribution in [0.25, 0.3) is 0 Å². The Morgan fingerprint density at radius 2 is 2.41 bits per heavy atom. The molecule has 2 aromatic heterocycles. The van der Waals surface area contributed by atoms with Crippen LogP contribution in [0, 0.1) is 0 Å². The Morgan fingerprint density at radius 3 is 2.94 bits per heavy atom. The Hall–Kier alpha value is -1.21. The molecule has 1 atom stereocenters. The smallest absolute Gasteiger partial charge is 0.176 e. The fraction of sp³-hybridized carbons (Fsp3) is 0.500. The molecular weight excluding hydrogens is 286 g/mol. The van der Waals surface area contributed by atoms with Crippen molar-refractivity contribution in [3.05, 3.63) is 28.4 Å². The van der Waals surface area contributed by atoms with E-state index in [-0.39, 0.29) is 6.04 Å². The summed E-state index contributed by atoms with van der Waals surface area (Å²) in [6, 6.07) is 2.06. The highest BCUT2D eigenvalue weighted by Gasteiger charge is 2.18. The zero-order valence-electron chi connectivity index (χ0n) is 9.72. The maximum absolute atomic E-state index is 5.25. The number of aromatic nitrogens is 4. The van der Waals surface area contributed by atoms with Crippen LogP contribution >= 0.6 is 15.9 Å². The highest BCUT2D eigenvalue weighted by Crippen LogP contribution is 2.26. The van der Waals surface area contributed by atoms with E-state index in [2.05, 4.69) is 43.6 Å². The van der Waals surface area contributed by atoms with E-state index in [0.29, 0.717) is 12.2 Å². The molecule has 6 nitrogen and oxygen atoms in total. The quantitative estimate of drug-likeness (QED) is 0.905. The minimum atomic E-state index is 0.123. The molecule has 0 spiro atoms. The first-order valence-corrected chi connectivity index (χ1v) is 6.19. The third-order valence-electron chi connectivity index (χ3n) is 2.41. The number of rotatable bonds is 5. The summed E-state index contributed by atoms with van der Waals surface area (Å²) in [7, 11) is 1.76. The van der Waals surface area contributed by atoms with Crippen LogP contribution in [-0.2, 0) is 13.5 Å². The Bertz CT molecular complexity index is 481. The van der Waals surface area contributed by atoms with Crippen LogP contribution in [-0.4, -0.2) is 26.8 Å². The molecule has 0 radical (unpaired) electrons. The van der Waals surface area contributed by atoms with E-state index in [0.717, 1.165) is 16.8 Å². The highest BCUT2D eigenvalue weighted by atomic mass is 79.9. The summed E-state index contributed by atoms with van der Waals surface area (Å²) in [4.78, 5) is 1.46. The van der Waals surface area contributed by atoms with Crippen molar-refractivity contribution in [1.29, 1.82) is 0 Å². The lowest BCUT2D eigenvalue weighted by Crippen LogP contribution is -2.23. The minimum Gasteiger partial charge on any atom is -0.457 e. The average Bonchev–Trinajstić information content (AvgIpc) is 2.87. The largest absolute Gasteiger partial charge is 0.457 e. The first kappa shape index (κ1) is 12.3. The van der Waals surface area contributed by atoms with Crippen molar-refractivity contribution in [1.82, 2.24) is 25.5 Å². The second-order valence-corrected chi connectivity index (χ2v) is 4.38. The molecule has 1 unspecified atom stereocenters. The number of nitrogens with one attached hydrogen (secondary N) is 1. The van der Waals surface area contributed by atoms with Gasteiger partial charge in [-0.1, -0.05) is 6.92 Å². The first-order valence-electron chi connectivity index (χ1n) is 5.40. The maximum atomic E-state index is 5.25. The Balaban J connectivity index is 2.15. The molecule has 2 heterocycles. The summed E-state index contributed by atoms with van der Waals surface area (Å²) in [6.07, 6.45) is 2.34. The van der Waals surface area contributed by atoms with Gasteiger partial charge in [-0.15, -0.1) is 10.2 Å². The molecule has 2 aromatic rings. The average molecular weight is 300 g/mol. The second kappa shape index (κ2) is 5.42. The topological polar surface area (TPSA) is 68.8 Å². The zero-order chi connectivity index (χ0) is 12.3. The fourth-order valence-corrected chi connectivity index (χ4v) is 2.20. The molecular formula is C10H14BrN5O. The van der Waals surface area contributed by atoms with Crippen LogP contribution in [0.1, 0.15) is 24.4 Å². The van der Waals surface area contributed by atoms with Gasteiger partial charge in [0.05, 0.1) is 13.3 Å². The molecule has 0 bridgehead atoms. The number of furan rings is 1. The summed E-state index contributed by atoms with van der Waals surface area (Å²) in [6.45, 7) is 2.92. The second-order valence-electron chi connectivity index (χ2n) is 3.66. The fourth-order valence-electron chi connectivity index (χ4n) is 1.68. The third-order valence-corrected chi connectivity index (χ3v) is 3.05. The van der Waals surface area contributed by atoms with E-state index in [9.17, 15) is 0 Å². The van der Waals surface area contributed by atoms with Gasteiger partial charge in [-0.05, 0) is 33.8 Å². The third kappa shape index (κ3) is 2.92. The van der Waals surface area contributed by atoms with Gasteiger partial charge in [0.2, 0.25) is 0 Å². The lowest BCUT2D eigenvalue weighted by Gasteiger charge is -2.14. The number of hydrogen-bond donors (Lipinski definition) is 1. The zero-order valence-corrected chi connectivity index (χ0v) is 11.3. The molecule has 2 rings (SSSR count).